The number of hydrogen-bond acceptors (Lipinski definition) is 4. The highest BCUT2D eigenvalue weighted by Gasteiger charge is 2.13. The molecule has 7 heteroatoms. The normalized spacial score (nSPS) is 13.7. The van der Waals surface area contributed by atoms with Crippen LogP contribution in [0.5, 0.6) is 0 Å². The zero-order valence-electron chi connectivity index (χ0n) is 10.6. The molecule has 0 aliphatic carbocycles. The van der Waals surface area contributed by atoms with Gasteiger partial charge in [-0.1, -0.05) is 0 Å². The minimum atomic E-state index is -3.29. The number of anilines is 2. The van der Waals surface area contributed by atoms with Gasteiger partial charge >= 0.3 is 0 Å². The van der Waals surface area contributed by atoms with Crippen LogP contribution in [-0.2, 0) is 21.1 Å². The van der Waals surface area contributed by atoms with Crippen LogP contribution in [-0.4, -0.2) is 32.9 Å². The summed E-state index contributed by atoms with van der Waals surface area (Å²) in [6.07, 6.45) is 3.08. The van der Waals surface area contributed by atoms with Gasteiger partial charge < -0.3 is 10.6 Å². The van der Waals surface area contributed by atoms with Crippen LogP contribution < -0.4 is 10.6 Å². The summed E-state index contributed by atoms with van der Waals surface area (Å²) in [6, 6.07) is 5.57. The van der Waals surface area contributed by atoms with Crippen molar-refractivity contribution in [1.29, 1.82) is 0 Å². The first kappa shape index (κ1) is 15.8. The number of halogens is 1. The quantitative estimate of drug-likeness (QED) is 0.886. The van der Waals surface area contributed by atoms with Crippen molar-refractivity contribution in [2.75, 3.05) is 29.2 Å². The molecule has 0 atom stereocenters. The number of amides is 1. The van der Waals surface area contributed by atoms with Gasteiger partial charge in [0, 0.05) is 24.2 Å². The summed E-state index contributed by atoms with van der Waals surface area (Å²) in [5.74, 6) is -0.983. The van der Waals surface area contributed by atoms with E-state index in [1.807, 2.05) is 12.1 Å². The Balaban J connectivity index is 0.00000180. The van der Waals surface area contributed by atoms with Crippen LogP contribution in [0.2, 0.25) is 0 Å². The Morgan fingerprint density at radius 2 is 2.16 bits per heavy atom. The van der Waals surface area contributed by atoms with Gasteiger partial charge in [0.1, 0.15) is 5.75 Å². The van der Waals surface area contributed by atoms with E-state index in [-0.39, 0.29) is 12.4 Å². The van der Waals surface area contributed by atoms with Gasteiger partial charge in [0.2, 0.25) is 5.91 Å². The lowest BCUT2D eigenvalue weighted by Gasteiger charge is -2.18. The fraction of sp³-hybridized carbons (Fsp3) is 0.417. The van der Waals surface area contributed by atoms with Crippen molar-refractivity contribution < 1.29 is 13.2 Å². The topological polar surface area (TPSA) is 75.3 Å². The molecule has 2 rings (SSSR count). The maximum atomic E-state index is 11.5. The van der Waals surface area contributed by atoms with Crippen molar-refractivity contribution in [3.8, 4) is 0 Å². The number of nitrogens with one attached hydrogen (secondary N) is 2. The molecule has 1 aromatic rings. The molecule has 0 saturated heterocycles. The number of benzene rings is 1. The average molecular weight is 305 g/mol. The van der Waals surface area contributed by atoms with Gasteiger partial charge in [-0.25, -0.2) is 8.42 Å². The zero-order chi connectivity index (χ0) is 13.2. The van der Waals surface area contributed by atoms with Crippen LogP contribution in [0.1, 0.15) is 12.0 Å². The molecule has 0 unspecified atom stereocenters. The summed E-state index contributed by atoms with van der Waals surface area (Å²) in [4.78, 5) is 11.5. The maximum Gasteiger partial charge on any atom is 0.239 e. The van der Waals surface area contributed by atoms with Gasteiger partial charge in [0.05, 0.1) is 0 Å². The first-order valence-corrected chi connectivity index (χ1v) is 7.84. The molecule has 0 aromatic heterocycles. The van der Waals surface area contributed by atoms with E-state index in [1.165, 1.54) is 0 Å². The predicted molar refractivity (Wildman–Crippen MR) is 78.8 cm³/mol. The molecule has 0 fully saturated rings. The summed E-state index contributed by atoms with van der Waals surface area (Å²) in [7, 11) is -3.29. The zero-order valence-corrected chi connectivity index (χ0v) is 12.2. The number of sulfone groups is 1. The van der Waals surface area contributed by atoms with Gasteiger partial charge in [-0.05, 0) is 36.6 Å². The highest BCUT2D eigenvalue weighted by atomic mass is 35.5. The lowest BCUT2D eigenvalue weighted by atomic mass is 10.0. The standard InChI is InChI=1S/C12H16N2O3S.ClH/c1-18(16,17)8-12(15)14-10-4-5-11-9(7-10)3-2-6-13-11;/h4-5,7,13H,2-3,6,8H2,1H3,(H,14,15);1H. The second kappa shape index (κ2) is 6.25. The Hall–Kier alpha value is -1.27. The van der Waals surface area contributed by atoms with E-state index in [4.69, 9.17) is 0 Å². The van der Waals surface area contributed by atoms with Crippen molar-refractivity contribution in [2.45, 2.75) is 12.8 Å². The molecule has 19 heavy (non-hydrogen) atoms. The van der Waals surface area contributed by atoms with E-state index in [9.17, 15) is 13.2 Å². The molecule has 1 aliphatic rings. The first-order valence-electron chi connectivity index (χ1n) is 5.78. The van der Waals surface area contributed by atoms with Crippen molar-refractivity contribution in [1.82, 2.24) is 0 Å². The van der Waals surface area contributed by atoms with Gasteiger partial charge in [0.15, 0.2) is 9.84 Å². The molecule has 106 valence electrons. The van der Waals surface area contributed by atoms with Crippen LogP contribution in [0, 0.1) is 0 Å². The molecule has 0 bridgehead atoms. The van der Waals surface area contributed by atoms with E-state index in [0.29, 0.717) is 5.69 Å². The van der Waals surface area contributed by atoms with Crippen molar-refractivity contribution in [3.05, 3.63) is 23.8 Å². The lowest BCUT2D eigenvalue weighted by molar-refractivity contribution is -0.113. The molecular weight excluding hydrogens is 288 g/mol. The van der Waals surface area contributed by atoms with Gasteiger partial charge in [0.25, 0.3) is 0 Å². The Bertz CT molecular complexity index is 572. The number of aryl methyl sites for hydroxylation is 1. The first-order chi connectivity index (χ1) is 8.44. The third kappa shape index (κ3) is 4.72. The average Bonchev–Trinajstić information content (AvgIpc) is 2.26. The Kier molecular flexibility index (Phi) is 5.20. The highest BCUT2D eigenvalue weighted by Crippen LogP contribution is 2.25. The molecule has 0 spiro atoms. The third-order valence-electron chi connectivity index (χ3n) is 2.72. The van der Waals surface area contributed by atoms with E-state index < -0.39 is 21.5 Å². The fourth-order valence-corrected chi connectivity index (χ4v) is 2.54. The second-order valence-electron chi connectivity index (χ2n) is 4.52. The lowest BCUT2D eigenvalue weighted by Crippen LogP contribution is -2.22. The monoisotopic (exact) mass is 304 g/mol. The minimum absolute atomic E-state index is 0. The molecule has 1 amide bonds. The number of fused-ring (bicyclic) bond motifs is 1. The summed E-state index contributed by atoms with van der Waals surface area (Å²) < 4.78 is 22.0. The minimum Gasteiger partial charge on any atom is -0.385 e. The van der Waals surface area contributed by atoms with Crippen LogP contribution in [0.4, 0.5) is 11.4 Å². The Morgan fingerprint density at radius 3 is 2.84 bits per heavy atom. The van der Waals surface area contributed by atoms with Crippen LogP contribution in [0.3, 0.4) is 0 Å². The highest BCUT2D eigenvalue weighted by molar-refractivity contribution is 7.91. The van der Waals surface area contributed by atoms with Gasteiger partial charge in [-0.2, -0.15) is 0 Å². The van der Waals surface area contributed by atoms with E-state index >= 15 is 0 Å². The van der Waals surface area contributed by atoms with Crippen LogP contribution in [0.15, 0.2) is 18.2 Å². The van der Waals surface area contributed by atoms with E-state index in [0.717, 1.165) is 36.9 Å². The molecule has 0 radical (unpaired) electrons. The largest absolute Gasteiger partial charge is 0.385 e. The van der Waals surface area contributed by atoms with Crippen LogP contribution >= 0.6 is 12.4 Å². The fourth-order valence-electron chi connectivity index (χ4n) is 1.99. The summed E-state index contributed by atoms with van der Waals surface area (Å²) in [5.41, 5.74) is 2.88. The summed E-state index contributed by atoms with van der Waals surface area (Å²) in [5, 5.41) is 5.88. The van der Waals surface area contributed by atoms with Crippen molar-refractivity contribution in [2.24, 2.45) is 0 Å². The summed E-state index contributed by atoms with van der Waals surface area (Å²) in [6.45, 7) is 0.965. The molecule has 0 saturated carbocycles. The molecule has 1 aromatic carbocycles. The number of carbonyl (C=O) groups excluding carboxylic acids is 1. The van der Waals surface area contributed by atoms with Crippen molar-refractivity contribution in [3.63, 3.8) is 0 Å². The number of carbonyl (C=O) groups is 1. The van der Waals surface area contributed by atoms with E-state index in [1.54, 1.807) is 6.07 Å². The smallest absolute Gasteiger partial charge is 0.239 e. The van der Waals surface area contributed by atoms with Crippen molar-refractivity contribution >= 4 is 39.5 Å². The predicted octanol–water partition coefficient (Wildman–Crippen LogP) is 1.45. The number of hydrogen-bond donors (Lipinski definition) is 2. The maximum absolute atomic E-state index is 11.5. The third-order valence-corrected chi connectivity index (χ3v) is 3.51. The molecule has 5 nitrogen and oxygen atoms in total. The molecule has 2 N–H and O–H groups in total. The van der Waals surface area contributed by atoms with Crippen LogP contribution in [0.25, 0.3) is 0 Å². The molecular formula is C12H17ClN2O3S. The Labute approximate surface area is 119 Å². The summed E-state index contributed by atoms with van der Waals surface area (Å²) >= 11 is 0. The van der Waals surface area contributed by atoms with Gasteiger partial charge in [-0.15, -0.1) is 12.4 Å². The molecule has 1 aliphatic heterocycles. The van der Waals surface area contributed by atoms with E-state index in [2.05, 4.69) is 10.6 Å². The Morgan fingerprint density at radius 1 is 1.42 bits per heavy atom. The van der Waals surface area contributed by atoms with Gasteiger partial charge in [-0.3, -0.25) is 4.79 Å². The SMILES string of the molecule is CS(=O)(=O)CC(=O)Nc1ccc2c(c1)CCCN2.Cl. The molecule has 1 heterocycles. The second-order valence-corrected chi connectivity index (χ2v) is 6.66. The number of rotatable bonds is 3.